The SMILES string of the molecule is CNC(=O)CCN(C)C(=O)C1CNc2ccccc2N1. The minimum atomic E-state index is -0.306. The first-order chi connectivity index (χ1) is 9.61. The van der Waals surface area contributed by atoms with Gasteiger partial charge in [-0.25, -0.2) is 0 Å². The van der Waals surface area contributed by atoms with E-state index in [0.29, 0.717) is 19.5 Å². The molecule has 108 valence electrons. The zero-order valence-corrected chi connectivity index (χ0v) is 11.8. The number of nitrogens with one attached hydrogen (secondary N) is 3. The van der Waals surface area contributed by atoms with Crippen LogP contribution in [0, 0.1) is 0 Å². The number of benzene rings is 1. The van der Waals surface area contributed by atoms with Crippen LogP contribution in [0.25, 0.3) is 0 Å². The van der Waals surface area contributed by atoms with Crippen molar-refractivity contribution >= 4 is 23.2 Å². The maximum atomic E-state index is 12.3. The summed E-state index contributed by atoms with van der Waals surface area (Å²) in [6.07, 6.45) is 0.315. The molecule has 0 aromatic heterocycles. The second-order valence-corrected chi connectivity index (χ2v) is 4.81. The highest BCUT2D eigenvalue weighted by Gasteiger charge is 2.25. The van der Waals surface area contributed by atoms with E-state index in [0.717, 1.165) is 11.4 Å². The maximum absolute atomic E-state index is 12.3. The zero-order chi connectivity index (χ0) is 14.5. The van der Waals surface area contributed by atoms with Crippen molar-refractivity contribution in [2.45, 2.75) is 12.5 Å². The Morgan fingerprint density at radius 1 is 1.35 bits per heavy atom. The van der Waals surface area contributed by atoms with Crippen molar-refractivity contribution in [1.82, 2.24) is 10.2 Å². The predicted octanol–water partition coefficient (Wildman–Crippen LogP) is 0.487. The largest absolute Gasteiger partial charge is 0.381 e. The molecule has 1 aliphatic heterocycles. The summed E-state index contributed by atoms with van der Waals surface area (Å²) in [5.74, 6) is -0.0827. The predicted molar refractivity (Wildman–Crippen MR) is 78.7 cm³/mol. The highest BCUT2D eigenvalue weighted by molar-refractivity contribution is 5.89. The number of amides is 2. The van der Waals surface area contributed by atoms with Gasteiger partial charge in [0, 0.05) is 33.6 Å². The lowest BCUT2D eigenvalue weighted by Gasteiger charge is -2.30. The Labute approximate surface area is 118 Å². The standard InChI is InChI=1S/C14H20N4O2/c1-15-13(19)7-8-18(2)14(20)12-9-16-10-5-3-4-6-11(10)17-12/h3-6,12,16-17H,7-9H2,1-2H3,(H,15,19). The molecule has 0 bridgehead atoms. The number of hydrogen-bond acceptors (Lipinski definition) is 4. The molecular weight excluding hydrogens is 256 g/mol. The van der Waals surface area contributed by atoms with E-state index in [1.54, 1.807) is 19.0 Å². The lowest BCUT2D eigenvalue weighted by atomic mass is 10.1. The molecule has 0 saturated heterocycles. The lowest BCUT2D eigenvalue weighted by molar-refractivity contribution is -0.131. The lowest BCUT2D eigenvalue weighted by Crippen LogP contribution is -2.47. The van der Waals surface area contributed by atoms with E-state index >= 15 is 0 Å². The fraction of sp³-hybridized carbons (Fsp3) is 0.429. The number of carbonyl (C=O) groups is 2. The van der Waals surface area contributed by atoms with Crippen molar-refractivity contribution in [3.63, 3.8) is 0 Å². The van der Waals surface area contributed by atoms with Crippen LogP contribution in [0.15, 0.2) is 24.3 Å². The Balaban J connectivity index is 1.92. The van der Waals surface area contributed by atoms with E-state index in [1.165, 1.54) is 0 Å². The normalized spacial score (nSPS) is 16.4. The second kappa shape index (κ2) is 6.27. The van der Waals surface area contributed by atoms with Gasteiger partial charge in [-0.15, -0.1) is 0 Å². The zero-order valence-electron chi connectivity index (χ0n) is 11.8. The van der Waals surface area contributed by atoms with Crippen LogP contribution < -0.4 is 16.0 Å². The highest BCUT2D eigenvalue weighted by Crippen LogP contribution is 2.25. The molecule has 0 saturated carbocycles. The summed E-state index contributed by atoms with van der Waals surface area (Å²) in [6, 6.07) is 7.48. The van der Waals surface area contributed by atoms with Gasteiger partial charge in [-0.2, -0.15) is 0 Å². The summed E-state index contributed by atoms with van der Waals surface area (Å²) in [6.45, 7) is 0.957. The Bertz CT molecular complexity index is 504. The van der Waals surface area contributed by atoms with Gasteiger partial charge in [0.15, 0.2) is 0 Å². The van der Waals surface area contributed by atoms with Crippen LogP contribution in [0.3, 0.4) is 0 Å². The Kier molecular flexibility index (Phi) is 4.45. The van der Waals surface area contributed by atoms with Gasteiger partial charge in [0.25, 0.3) is 0 Å². The van der Waals surface area contributed by atoms with Crippen LogP contribution in [0.4, 0.5) is 11.4 Å². The second-order valence-electron chi connectivity index (χ2n) is 4.81. The number of para-hydroxylation sites is 2. The third-order valence-corrected chi connectivity index (χ3v) is 3.38. The molecule has 1 aromatic rings. The molecule has 1 heterocycles. The molecule has 0 radical (unpaired) electrons. The molecule has 1 unspecified atom stereocenters. The number of rotatable bonds is 4. The molecule has 3 N–H and O–H groups in total. The summed E-state index contributed by atoms with van der Waals surface area (Å²) in [5, 5.41) is 9.01. The van der Waals surface area contributed by atoms with Gasteiger partial charge in [-0.3, -0.25) is 9.59 Å². The van der Waals surface area contributed by atoms with E-state index < -0.39 is 0 Å². The molecule has 1 aromatic carbocycles. The number of hydrogen-bond donors (Lipinski definition) is 3. The van der Waals surface area contributed by atoms with Gasteiger partial charge in [0.1, 0.15) is 6.04 Å². The molecule has 0 spiro atoms. The van der Waals surface area contributed by atoms with Crippen LogP contribution in [0.5, 0.6) is 0 Å². The average Bonchev–Trinajstić information content (AvgIpc) is 2.50. The van der Waals surface area contributed by atoms with Crippen molar-refractivity contribution in [2.75, 3.05) is 37.8 Å². The molecule has 2 amide bonds. The number of fused-ring (bicyclic) bond motifs is 1. The minimum Gasteiger partial charge on any atom is -0.381 e. The topological polar surface area (TPSA) is 73.5 Å². The van der Waals surface area contributed by atoms with Crippen molar-refractivity contribution in [3.8, 4) is 0 Å². The molecule has 20 heavy (non-hydrogen) atoms. The molecule has 6 nitrogen and oxygen atoms in total. The van der Waals surface area contributed by atoms with Gasteiger partial charge in [0.2, 0.25) is 11.8 Å². The van der Waals surface area contributed by atoms with E-state index in [1.807, 2.05) is 24.3 Å². The summed E-state index contributed by atoms with van der Waals surface area (Å²) >= 11 is 0. The van der Waals surface area contributed by atoms with E-state index in [-0.39, 0.29) is 17.9 Å². The average molecular weight is 276 g/mol. The fourth-order valence-electron chi connectivity index (χ4n) is 2.13. The van der Waals surface area contributed by atoms with Crippen molar-refractivity contribution in [1.29, 1.82) is 0 Å². The van der Waals surface area contributed by atoms with Crippen LogP contribution in [-0.4, -0.2) is 49.9 Å². The van der Waals surface area contributed by atoms with Crippen LogP contribution in [0.1, 0.15) is 6.42 Å². The quantitative estimate of drug-likeness (QED) is 0.748. The van der Waals surface area contributed by atoms with Gasteiger partial charge in [0.05, 0.1) is 11.4 Å². The van der Waals surface area contributed by atoms with Gasteiger partial charge >= 0.3 is 0 Å². The highest BCUT2D eigenvalue weighted by atomic mass is 16.2. The van der Waals surface area contributed by atoms with Gasteiger partial charge in [-0.05, 0) is 12.1 Å². The molecule has 0 aliphatic carbocycles. The summed E-state index contributed by atoms with van der Waals surface area (Å²) in [7, 11) is 3.31. The van der Waals surface area contributed by atoms with Crippen molar-refractivity contribution < 1.29 is 9.59 Å². The van der Waals surface area contributed by atoms with Crippen molar-refractivity contribution in [2.24, 2.45) is 0 Å². The summed E-state index contributed by atoms with van der Waals surface area (Å²) in [4.78, 5) is 25.1. The molecule has 6 heteroatoms. The first kappa shape index (κ1) is 14.2. The Morgan fingerprint density at radius 3 is 2.75 bits per heavy atom. The number of likely N-dealkylation sites (N-methyl/N-ethyl adjacent to an activating group) is 1. The monoisotopic (exact) mass is 276 g/mol. The molecule has 1 atom stereocenters. The number of nitrogens with zero attached hydrogens (tertiary/aromatic N) is 1. The number of carbonyl (C=O) groups excluding carboxylic acids is 2. The Hall–Kier alpha value is -2.24. The Morgan fingerprint density at radius 2 is 2.05 bits per heavy atom. The summed E-state index contributed by atoms with van der Waals surface area (Å²) in [5.41, 5.74) is 1.93. The smallest absolute Gasteiger partial charge is 0.246 e. The van der Waals surface area contributed by atoms with E-state index in [9.17, 15) is 9.59 Å². The van der Waals surface area contributed by atoms with E-state index in [2.05, 4.69) is 16.0 Å². The van der Waals surface area contributed by atoms with Crippen molar-refractivity contribution in [3.05, 3.63) is 24.3 Å². The fourth-order valence-corrected chi connectivity index (χ4v) is 2.13. The van der Waals surface area contributed by atoms with Crippen LogP contribution in [-0.2, 0) is 9.59 Å². The molecule has 2 rings (SSSR count). The first-order valence-corrected chi connectivity index (χ1v) is 6.67. The van der Waals surface area contributed by atoms with Gasteiger partial charge in [-0.1, -0.05) is 12.1 Å². The van der Waals surface area contributed by atoms with Gasteiger partial charge < -0.3 is 20.9 Å². The molecule has 1 aliphatic rings. The van der Waals surface area contributed by atoms with Crippen LogP contribution in [0.2, 0.25) is 0 Å². The van der Waals surface area contributed by atoms with Crippen LogP contribution >= 0.6 is 0 Å². The maximum Gasteiger partial charge on any atom is 0.246 e. The summed E-state index contributed by atoms with van der Waals surface area (Å²) < 4.78 is 0. The third-order valence-electron chi connectivity index (χ3n) is 3.38. The molecular formula is C14H20N4O2. The molecule has 0 fully saturated rings. The number of anilines is 2. The third kappa shape index (κ3) is 3.20. The van der Waals surface area contributed by atoms with E-state index in [4.69, 9.17) is 0 Å². The minimum absolute atomic E-state index is 0.0177. The first-order valence-electron chi connectivity index (χ1n) is 6.67.